The summed E-state index contributed by atoms with van der Waals surface area (Å²) in [4.78, 5) is 55.6. The maximum atomic E-state index is 16.0. The number of nitrogens with one attached hydrogen (secondary N) is 4. The summed E-state index contributed by atoms with van der Waals surface area (Å²) in [6, 6.07) is 34.5. The summed E-state index contributed by atoms with van der Waals surface area (Å²) < 4.78 is 236. The summed E-state index contributed by atoms with van der Waals surface area (Å²) in [6.45, 7) is 1.54. The Morgan fingerprint density at radius 1 is 0.443 bits per heavy atom. The van der Waals surface area contributed by atoms with Crippen LogP contribution in [0.3, 0.4) is 0 Å². The van der Waals surface area contributed by atoms with E-state index in [1.54, 1.807) is 25.3 Å². The van der Waals surface area contributed by atoms with Crippen molar-refractivity contribution >= 4 is 105 Å². The highest BCUT2D eigenvalue weighted by molar-refractivity contribution is 7.93. The Hall–Kier alpha value is -13.8. The van der Waals surface area contributed by atoms with Gasteiger partial charge in [-0.1, -0.05) is 60.7 Å². The van der Waals surface area contributed by atoms with Crippen molar-refractivity contribution in [2.45, 2.75) is 46.4 Å². The van der Waals surface area contributed by atoms with Crippen LogP contribution >= 0.6 is 34.0 Å². The fourth-order valence-electron chi connectivity index (χ4n) is 11.9. The number of pyridine rings is 2. The molecular formula is C80H56F10N18O8S6. The molecule has 0 unspecified atom stereocenters. The van der Waals surface area contributed by atoms with E-state index in [9.17, 15) is 60.8 Å². The molecule has 7 aromatic carbocycles. The summed E-state index contributed by atoms with van der Waals surface area (Å²) >= 11 is 3.46. The largest absolute Gasteiger partial charge is 0.494 e. The van der Waals surface area contributed by atoms with Crippen LogP contribution in [-0.2, 0) is 34.9 Å². The standard InChI is InChI=1S/C28H21F3N6O3S2.C27H19F3N6O2S2.C25H16F4N6O3S2/c1-15(26(32)38)34-28-33-14-13-21(35-28)24-23(36-27(41-24)16-7-3-2-4-8-16)17-9-5-12-20(22(17)31)37-42(39,40)25-18(29)10-6-11-19(25)30;28-18-4-2-5-19(29)25(18)40(37,38)36-20-6-1-3-17(22(20)30)23-24(21-9-10-33-27(31)34-21)39-26(35-23)16-11-15(12-32-13-16)14-7-8-14;1-38-18-6-5-15(27)23(20(18)29)40(36,37)35-16-4-2-3-14(19(16)28)21-22(17-7-8-32-25(30)33-17)39-24(34-21)12-9-13(26)11-31-10-12/h2-15,37H,1H3,(H2,32,38)(H,33,34,35);1-6,9-14,36H,7-8H2,(H2,31,33,34);2-11,35H,1H3,(H2,30,32,33)/t15-;;/m1../s1. The lowest BCUT2D eigenvalue weighted by Gasteiger charge is -2.13. The first-order chi connectivity index (χ1) is 58.3. The molecule has 1 atom stereocenters. The lowest BCUT2D eigenvalue weighted by Crippen LogP contribution is -2.33. The number of carbonyl (C=O) groups excluding carboxylic acids is 1. The van der Waals surface area contributed by atoms with Gasteiger partial charge in [0.1, 0.15) is 56.0 Å². The van der Waals surface area contributed by atoms with Crippen LogP contribution < -0.4 is 41.4 Å². The predicted molar refractivity (Wildman–Crippen MR) is 439 cm³/mol. The topological polar surface area (TPSA) is 397 Å². The average Bonchev–Trinajstić information content (AvgIpc) is 1.35. The van der Waals surface area contributed by atoms with Gasteiger partial charge in [0, 0.05) is 70.6 Å². The second-order valence-electron chi connectivity index (χ2n) is 26.1. The second-order valence-corrected chi connectivity index (χ2v) is 33.9. The molecular weight excluding hydrogens is 1720 g/mol. The van der Waals surface area contributed by atoms with E-state index in [0.717, 1.165) is 115 Å². The van der Waals surface area contributed by atoms with E-state index in [1.807, 2.05) is 56.8 Å². The van der Waals surface area contributed by atoms with E-state index in [-0.39, 0.29) is 62.3 Å². The summed E-state index contributed by atoms with van der Waals surface area (Å²) in [5, 5.41) is 4.10. The number of anilines is 6. The van der Waals surface area contributed by atoms with Crippen LogP contribution in [0.15, 0.2) is 222 Å². The monoisotopic (exact) mass is 1780 g/mol. The molecule has 1 aliphatic carbocycles. The molecule has 620 valence electrons. The quantitative estimate of drug-likeness (QED) is 0.0292. The summed E-state index contributed by atoms with van der Waals surface area (Å²) in [5.74, 6) is -12.6. The normalized spacial score (nSPS) is 12.3. The second kappa shape index (κ2) is 35.2. The van der Waals surface area contributed by atoms with Crippen LogP contribution in [0.25, 0.3) is 97.2 Å². The van der Waals surface area contributed by atoms with E-state index in [1.165, 1.54) is 96.0 Å². The third-order valence-corrected chi connectivity index (χ3v) is 25.4. The van der Waals surface area contributed by atoms with Crippen molar-refractivity contribution in [2.24, 2.45) is 5.73 Å². The highest BCUT2D eigenvalue weighted by atomic mass is 32.2. The Labute approximate surface area is 698 Å². The molecule has 8 aromatic heterocycles. The number of carbonyl (C=O) groups is 1. The zero-order chi connectivity index (χ0) is 86.6. The Bertz CT molecular complexity index is 6900. The number of halogens is 10. The number of nitrogens with zero attached hydrogens (tertiary/aromatic N) is 11. The number of hydrogen-bond acceptors (Lipinski definition) is 25. The minimum Gasteiger partial charge on any atom is -0.494 e. The number of sulfonamides is 3. The van der Waals surface area contributed by atoms with Crippen LogP contribution in [-0.4, -0.2) is 99.1 Å². The van der Waals surface area contributed by atoms with Crippen molar-refractivity contribution in [3.63, 3.8) is 0 Å². The van der Waals surface area contributed by atoms with Crippen molar-refractivity contribution in [2.75, 3.05) is 38.1 Å². The van der Waals surface area contributed by atoms with Gasteiger partial charge >= 0.3 is 0 Å². The highest BCUT2D eigenvalue weighted by Gasteiger charge is 2.34. The van der Waals surface area contributed by atoms with Gasteiger partial charge in [-0.2, -0.15) is 0 Å². The molecule has 0 radical (unpaired) electrons. The molecule has 42 heteroatoms. The SMILES string of the molecule is COc1ccc(F)c(S(=O)(=O)Nc2cccc(-c3nc(-c4cncc(F)c4)sc3-c3ccnc(N)n3)c2F)c1F.C[C@@H](Nc1nccc(-c2sc(-c3ccccc3)nc2-c2cccc(NS(=O)(=O)c3c(F)cccc3F)c2F)n1)C(N)=O.Nc1nccc(-c2sc(-c3cncc(C4CC4)c3)nc2-c2cccc(NS(=O)(=O)c3c(F)cccc3F)c2F)n1. The predicted octanol–water partition coefficient (Wildman–Crippen LogP) is 16.7. The van der Waals surface area contributed by atoms with Crippen LogP contribution in [0.1, 0.15) is 31.2 Å². The van der Waals surface area contributed by atoms with Gasteiger partial charge in [-0.3, -0.25) is 28.9 Å². The molecule has 1 amide bonds. The van der Waals surface area contributed by atoms with E-state index >= 15 is 13.2 Å². The molecule has 8 heterocycles. The minimum atomic E-state index is -4.96. The number of methoxy groups -OCH3 is 1. The van der Waals surface area contributed by atoms with Crippen molar-refractivity contribution in [1.29, 1.82) is 0 Å². The molecule has 16 rings (SSSR count). The number of nitrogens with two attached hydrogens (primary N) is 3. The first-order valence-electron chi connectivity index (χ1n) is 35.4. The van der Waals surface area contributed by atoms with Gasteiger partial charge in [0.25, 0.3) is 30.1 Å². The smallest absolute Gasteiger partial charge is 0.268 e. The number of benzene rings is 7. The van der Waals surface area contributed by atoms with Crippen molar-refractivity contribution in [3.05, 3.63) is 271 Å². The van der Waals surface area contributed by atoms with Gasteiger partial charge in [-0.15, -0.1) is 34.0 Å². The first kappa shape index (κ1) is 84.6. The number of rotatable bonds is 23. The van der Waals surface area contributed by atoms with Crippen LogP contribution in [0.5, 0.6) is 5.75 Å². The average molecular weight is 1780 g/mol. The fraction of sp³-hybridized carbons (Fsp3) is 0.0750. The Morgan fingerprint density at radius 3 is 1.27 bits per heavy atom. The molecule has 0 saturated heterocycles. The molecule has 1 saturated carbocycles. The molecule has 0 aliphatic heterocycles. The zero-order valence-electron chi connectivity index (χ0n) is 62.3. The van der Waals surface area contributed by atoms with Gasteiger partial charge in [0.05, 0.1) is 79.2 Å². The fourth-order valence-corrected chi connectivity index (χ4v) is 18.6. The Balaban J connectivity index is 0.000000149. The van der Waals surface area contributed by atoms with E-state index in [4.69, 9.17) is 26.9 Å². The molecule has 122 heavy (non-hydrogen) atoms. The number of primary amides is 1. The summed E-state index contributed by atoms with van der Waals surface area (Å²) in [5.41, 5.74) is 19.0. The Kier molecular flexibility index (Phi) is 24.5. The third-order valence-electron chi connectivity index (χ3n) is 17.8. The van der Waals surface area contributed by atoms with Gasteiger partial charge in [-0.25, -0.2) is 114 Å². The maximum absolute atomic E-state index is 16.0. The molecule has 26 nitrogen and oxygen atoms in total. The zero-order valence-corrected chi connectivity index (χ0v) is 67.2. The minimum absolute atomic E-state index is 0.00435. The van der Waals surface area contributed by atoms with Crippen LogP contribution in [0, 0.1) is 58.2 Å². The molecule has 1 aliphatic rings. The summed E-state index contributed by atoms with van der Waals surface area (Å²) in [6.07, 6.45) is 12.3. The number of ether oxygens (including phenoxy) is 1. The third kappa shape index (κ3) is 18.3. The van der Waals surface area contributed by atoms with Gasteiger partial charge in [-0.05, 0) is 134 Å². The van der Waals surface area contributed by atoms with Gasteiger partial charge < -0.3 is 27.3 Å². The van der Waals surface area contributed by atoms with Crippen molar-refractivity contribution < 1.29 is 78.7 Å². The lowest BCUT2D eigenvalue weighted by molar-refractivity contribution is -0.118. The molecule has 1 fully saturated rings. The maximum Gasteiger partial charge on any atom is 0.268 e. The van der Waals surface area contributed by atoms with E-state index in [2.05, 4.69) is 55.2 Å². The first-order valence-corrected chi connectivity index (χ1v) is 42.3. The number of hydrogen-bond donors (Lipinski definition) is 7. The molecule has 15 aromatic rings. The van der Waals surface area contributed by atoms with Crippen molar-refractivity contribution in [3.8, 4) is 103 Å². The number of thiazole rings is 3. The molecule has 0 spiro atoms. The van der Waals surface area contributed by atoms with Gasteiger partial charge in [0.2, 0.25) is 23.8 Å². The number of amides is 1. The number of nitrogen functional groups attached to an aromatic ring is 2. The van der Waals surface area contributed by atoms with E-state index < -0.39 is 138 Å². The van der Waals surface area contributed by atoms with Crippen molar-refractivity contribution in [1.82, 2.24) is 54.8 Å². The van der Waals surface area contributed by atoms with Crippen LogP contribution in [0.4, 0.5) is 78.8 Å². The molecule has 0 bridgehead atoms. The van der Waals surface area contributed by atoms with E-state index in [0.29, 0.717) is 53.6 Å². The number of aromatic nitrogens is 11. The molecule has 10 N–H and O–H groups in total. The Morgan fingerprint density at radius 2 is 0.844 bits per heavy atom. The summed E-state index contributed by atoms with van der Waals surface area (Å²) in [7, 11) is -13.5. The van der Waals surface area contributed by atoms with Crippen LogP contribution in [0.2, 0.25) is 0 Å². The lowest BCUT2D eigenvalue weighted by atomic mass is 10.1. The van der Waals surface area contributed by atoms with Gasteiger partial charge in [0.15, 0.2) is 43.7 Å². The highest BCUT2D eigenvalue weighted by Crippen LogP contribution is 2.48.